The number of hydrogen-bond acceptors (Lipinski definition) is 5. The largest absolute Gasteiger partial charge is 0.491 e. The highest BCUT2D eigenvalue weighted by molar-refractivity contribution is 5.72. The van der Waals surface area contributed by atoms with Crippen molar-refractivity contribution in [3.05, 3.63) is 54.1 Å². The minimum absolute atomic E-state index is 0.141. The van der Waals surface area contributed by atoms with Crippen LogP contribution in [0, 0.1) is 0 Å². The Bertz CT molecular complexity index is 886. The van der Waals surface area contributed by atoms with Gasteiger partial charge in [0, 0.05) is 13.1 Å². The summed E-state index contributed by atoms with van der Waals surface area (Å²) in [7, 11) is 6.39. The molecule has 0 saturated carbocycles. The molecule has 1 aliphatic heterocycles. The number of anilines is 1. The molecule has 0 bridgehead atoms. The lowest BCUT2D eigenvalue weighted by Gasteiger charge is -2.30. The lowest BCUT2D eigenvalue weighted by Crippen LogP contribution is -2.36. The van der Waals surface area contributed by atoms with E-state index in [0.717, 1.165) is 80.8 Å². The molecule has 1 aliphatic rings. The summed E-state index contributed by atoms with van der Waals surface area (Å²) in [6.45, 7) is 4.64. The van der Waals surface area contributed by atoms with Gasteiger partial charge in [0.15, 0.2) is 0 Å². The van der Waals surface area contributed by atoms with E-state index in [2.05, 4.69) is 56.4 Å². The Kier molecular flexibility index (Phi) is 10.9. The maximum absolute atomic E-state index is 12.1. The second-order valence-corrected chi connectivity index (χ2v) is 10.1. The van der Waals surface area contributed by atoms with Gasteiger partial charge in [-0.1, -0.05) is 49.9 Å². The maximum Gasteiger partial charge on any atom is 0.310 e. The van der Waals surface area contributed by atoms with E-state index in [1.165, 1.54) is 17.8 Å². The molecule has 0 atom stereocenters. The first-order chi connectivity index (χ1) is 16.9. The van der Waals surface area contributed by atoms with E-state index >= 15 is 0 Å². The zero-order chi connectivity index (χ0) is 24.9. The molecule has 0 spiro atoms. The number of ether oxygens (including phenoxy) is 3. The number of nitrogens with zero attached hydrogens (tertiary/aromatic N) is 2. The lowest BCUT2D eigenvalue weighted by molar-refractivity contribution is -0.142. The SMILES string of the molecule is C[N+](C)(C)c1ccc(CC(=O)OCCCCCCCCOc2ccccc2N2CCOCC2)cc1. The molecule has 0 aliphatic carbocycles. The van der Waals surface area contributed by atoms with Gasteiger partial charge >= 0.3 is 5.97 Å². The van der Waals surface area contributed by atoms with Crippen LogP contribution in [0.2, 0.25) is 0 Å². The average Bonchev–Trinajstić information content (AvgIpc) is 2.86. The van der Waals surface area contributed by atoms with Gasteiger partial charge in [0.2, 0.25) is 0 Å². The van der Waals surface area contributed by atoms with Crippen LogP contribution in [-0.2, 0) is 20.7 Å². The fourth-order valence-corrected chi connectivity index (χ4v) is 4.20. The molecule has 1 heterocycles. The first kappa shape index (κ1) is 27.0. The molecular formula is C29H43N2O4+. The average molecular weight is 484 g/mol. The molecule has 192 valence electrons. The van der Waals surface area contributed by atoms with Crippen molar-refractivity contribution in [3.8, 4) is 5.75 Å². The number of morpholine rings is 1. The zero-order valence-corrected chi connectivity index (χ0v) is 21.8. The van der Waals surface area contributed by atoms with Gasteiger partial charge in [-0.05, 0) is 42.7 Å². The molecule has 6 heteroatoms. The number of benzene rings is 2. The quantitative estimate of drug-likeness (QED) is 0.209. The van der Waals surface area contributed by atoms with Gasteiger partial charge in [-0.2, -0.15) is 0 Å². The highest BCUT2D eigenvalue weighted by atomic mass is 16.5. The molecule has 0 amide bonds. The third-order valence-corrected chi connectivity index (χ3v) is 6.34. The van der Waals surface area contributed by atoms with Crippen molar-refractivity contribution in [3.63, 3.8) is 0 Å². The van der Waals surface area contributed by atoms with Gasteiger partial charge in [-0.3, -0.25) is 9.28 Å². The molecule has 2 aromatic rings. The lowest BCUT2D eigenvalue weighted by atomic mass is 10.1. The van der Waals surface area contributed by atoms with Crippen molar-refractivity contribution >= 4 is 17.3 Å². The second-order valence-electron chi connectivity index (χ2n) is 10.1. The smallest absolute Gasteiger partial charge is 0.310 e. The third kappa shape index (κ3) is 9.54. The van der Waals surface area contributed by atoms with Gasteiger partial charge in [0.25, 0.3) is 0 Å². The van der Waals surface area contributed by atoms with Crippen LogP contribution in [0.5, 0.6) is 5.75 Å². The Morgan fingerprint density at radius 2 is 1.49 bits per heavy atom. The molecule has 35 heavy (non-hydrogen) atoms. The second kappa shape index (κ2) is 14.1. The van der Waals surface area contributed by atoms with Crippen LogP contribution in [0.1, 0.15) is 44.1 Å². The first-order valence-corrected chi connectivity index (χ1v) is 13.0. The highest BCUT2D eigenvalue weighted by Crippen LogP contribution is 2.28. The van der Waals surface area contributed by atoms with Crippen LogP contribution < -0.4 is 14.1 Å². The van der Waals surface area contributed by atoms with Crippen molar-refractivity contribution in [2.75, 3.05) is 65.6 Å². The summed E-state index contributed by atoms with van der Waals surface area (Å²) >= 11 is 0. The normalized spacial score (nSPS) is 14.1. The van der Waals surface area contributed by atoms with Crippen LogP contribution in [0.15, 0.2) is 48.5 Å². The van der Waals surface area contributed by atoms with Crippen LogP contribution in [0.25, 0.3) is 0 Å². The summed E-state index contributed by atoms with van der Waals surface area (Å²) in [5, 5.41) is 0. The zero-order valence-electron chi connectivity index (χ0n) is 21.8. The van der Waals surface area contributed by atoms with Gasteiger partial charge in [0.1, 0.15) is 11.4 Å². The summed E-state index contributed by atoms with van der Waals surface area (Å²) in [5.41, 5.74) is 3.39. The molecule has 1 saturated heterocycles. The maximum atomic E-state index is 12.1. The molecular weight excluding hydrogens is 440 g/mol. The van der Waals surface area contributed by atoms with Crippen molar-refractivity contribution < 1.29 is 19.0 Å². The van der Waals surface area contributed by atoms with Crippen LogP contribution >= 0.6 is 0 Å². The molecule has 0 radical (unpaired) electrons. The molecule has 0 N–H and O–H groups in total. The molecule has 2 aromatic carbocycles. The van der Waals surface area contributed by atoms with Crippen molar-refractivity contribution in [1.82, 2.24) is 4.48 Å². The van der Waals surface area contributed by atoms with E-state index in [1.54, 1.807) is 0 Å². The summed E-state index contributed by atoms with van der Waals surface area (Å²) in [6.07, 6.45) is 6.91. The predicted molar refractivity (Wildman–Crippen MR) is 143 cm³/mol. The Labute approximate surface area is 211 Å². The molecule has 0 unspecified atom stereocenters. The molecule has 6 nitrogen and oxygen atoms in total. The number of unbranched alkanes of at least 4 members (excludes halogenated alkanes) is 5. The van der Waals surface area contributed by atoms with E-state index in [-0.39, 0.29) is 5.97 Å². The Hall–Kier alpha value is -2.57. The fourth-order valence-electron chi connectivity index (χ4n) is 4.20. The number of hydrogen-bond donors (Lipinski definition) is 0. The number of carbonyl (C=O) groups is 1. The van der Waals surface area contributed by atoms with E-state index in [9.17, 15) is 4.79 Å². The third-order valence-electron chi connectivity index (χ3n) is 6.34. The minimum Gasteiger partial charge on any atom is -0.491 e. The molecule has 3 rings (SSSR count). The standard InChI is InChI=1S/C29H43N2O4/c1-31(2,3)26-16-14-25(15-17-26)24-29(32)35-21-11-7-5-4-6-10-20-34-28-13-9-8-12-27(28)30-18-22-33-23-19-30/h8-9,12-17H,4-7,10-11,18-24H2,1-3H3/q+1. The number of carbonyl (C=O) groups excluding carboxylic acids is 1. The Morgan fingerprint density at radius 3 is 2.17 bits per heavy atom. The van der Waals surface area contributed by atoms with Gasteiger partial charge in [-0.25, -0.2) is 0 Å². The number of para-hydroxylation sites is 2. The monoisotopic (exact) mass is 483 g/mol. The Balaban J connectivity index is 1.20. The van der Waals surface area contributed by atoms with E-state index in [0.29, 0.717) is 13.0 Å². The molecule has 0 aromatic heterocycles. The fraction of sp³-hybridized carbons (Fsp3) is 0.552. The summed E-state index contributed by atoms with van der Waals surface area (Å²) in [4.78, 5) is 14.4. The summed E-state index contributed by atoms with van der Waals surface area (Å²) < 4.78 is 17.7. The van der Waals surface area contributed by atoms with E-state index in [1.807, 2.05) is 18.2 Å². The van der Waals surface area contributed by atoms with Crippen molar-refractivity contribution in [2.24, 2.45) is 0 Å². The van der Waals surface area contributed by atoms with E-state index < -0.39 is 0 Å². The van der Waals surface area contributed by atoms with Gasteiger partial charge in [-0.15, -0.1) is 0 Å². The predicted octanol–water partition coefficient (Wildman–Crippen LogP) is 5.23. The van der Waals surface area contributed by atoms with Crippen molar-refractivity contribution in [2.45, 2.75) is 44.9 Å². The summed E-state index contributed by atoms with van der Waals surface area (Å²) in [6, 6.07) is 16.5. The van der Waals surface area contributed by atoms with Crippen LogP contribution in [-0.4, -0.2) is 66.6 Å². The first-order valence-electron chi connectivity index (χ1n) is 13.0. The van der Waals surface area contributed by atoms with Gasteiger partial charge < -0.3 is 19.1 Å². The van der Waals surface area contributed by atoms with Crippen LogP contribution in [0.3, 0.4) is 0 Å². The summed E-state index contributed by atoms with van der Waals surface area (Å²) in [5.74, 6) is 0.832. The van der Waals surface area contributed by atoms with Crippen LogP contribution in [0.4, 0.5) is 11.4 Å². The topological polar surface area (TPSA) is 48.0 Å². The Morgan fingerprint density at radius 1 is 0.857 bits per heavy atom. The van der Waals surface area contributed by atoms with Crippen molar-refractivity contribution in [1.29, 1.82) is 0 Å². The minimum atomic E-state index is -0.141. The van der Waals surface area contributed by atoms with Gasteiger partial charge in [0.05, 0.1) is 59.7 Å². The number of quaternary nitrogens is 1. The highest BCUT2D eigenvalue weighted by Gasteiger charge is 2.15. The number of rotatable bonds is 14. The number of esters is 1. The molecule has 1 fully saturated rings. The van der Waals surface area contributed by atoms with E-state index in [4.69, 9.17) is 14.2 Å².